The minimum absolute atomic E-state index is 0.356. The molecule has 0 N–H and O–H groups in total. The molecule has 0 spiro atoms. The Labute approximate surface area is 98.9 Å². The Balaban J connectivity index is 1.95. The van der Waals surface area contributed by atoms with Gasteiger partial charge in [0.25, 0.3) is 0 Å². The van der Waals surface area contributed by atoms with Crippen molar-refractivity contribution in [2.75, 3.05) is 27.2 Å². The van der Waals surface area contributed by atoms with Crippen LogP contribution in [0.1, 0.15) is 18.9 Å². The summed E-state index contributed by atoms with van der Waals surface area (Å²) >= 11 is 0. The van der Waals surface area contributed by atoms with Gasteiger partial charge in [-0.15, -0.1) is 0 Å². The average molecular weight is 218 g/mol. The largest absolute Gasteiger partial charge is 0.303 e. The maximum atomic E-state index is 2.55. The number of nitrogens with zero attached hydrogens (tertiary/aromatic N) is 2. The molecular weight excluding hydrogens is 196 g/mol. The summed E-state index contributed by atoms with van der Waals surface area (Å²) in [7, 11) is 4.37. The van der Waals surface area contributed by atoms with Crippen LogP contribution in [0.5, 0.6) is 0 Å². The van der Waals surface area contributed by atoms with E-state index in [0.717, 1.165) is 6.54 Å². The Kier molecular flexibility index (Phi) is 3.31. The van der Waals surface area contributed by atoms with Crippen molar-refractivity contribution in [1.29, 1.82) is 0 Å². The third-order valence-corrected chi connectivity index (χ3v) is 3.86. The maximum absolute atomic E-state index is 2.55. The molecule has 1 fully saturated rings. The highest BCUT2D eigenvalue weighted by molar-refractivity contribution is 5.15. The molecule has 1 saturated heterocycles. The van der Waals surface area contributed by atoms with Crippen LogP contribution in [0.25, 0.3) is 0 Å². The second-order valence-electron chi connectivity index (χ2n) is 5.34. The summed E-state index contributed by atoms with van der Waals surface area (Å²) in [5.41, 5.74) is 1.78. The summed E-state index contributed by atoms with van der Waals surface area (Å²) in [5.74, 6) is 0. The fourth-order valence-electron chi connectivity index (χ4n) is 2.38. The third kappa shape index (κ3) is 2.45. The van der Waals surface area contributed by atoms with Crippen LogP contribution in [0.4, 0.5) is 0 Å². The van der Waals surface area contributed by atoms with E-state index in [1.54, 1.807) is 0 Å². The molecule has 16 heavy (non-hydrogen) atoms. The van der Waals surface area contributed by atoms with Crippen LogP contribution in [0.15, 0.2) is 30.3 Å². The van der Waals surface area contributed by atoms with Gasteiger partial charge in [-0.1, -0.05) is 30.3 Å². The van der Waals surface area contributed by atoms with Crippen molar-refractivity contribution in [1.82, 2.24) is 9.80 Å². The molecular formula is C14H22N2. The van der Waals surface area contributed by atoms with E-state index in [9.17, 15) is 0 Å². The van der Waals surface area contributed by atoms with Gasteiger partial charge in [0.2, 0.25) is 0 Å². The second kappa shape index (κ2) is 4.56. The monoisotopic (exact) mass is 218 g/mol. The van der Waals surface area contributed by atoms with Crippen molar-refractivity contribution in [2.45, 2.75) is 25.4 Å². The molecule has 0 radical (unpaired) electrons. The molecule has 1 aliphatic rings. The number of benzene rings is 1. The molecule has 2 heteroatoms. The normalized spacial score (nSPS) is 26.5. The Morgan fingerprint density at radius 2 is 1.94 bits per heavy atom. The molecule has 1 aromatic rings. The smallest absolute Gasteiger partial charge is 0.0314 e. The Hall–Kier alpha value is -0.860. The van der Waals surface area contributed by atoms with Crippen LogP contribution in [-0.2, 0) is 6.54 Å². The van der Waals surface area contributed by atoms with Gasteiger partial charge in [-0.05, 0) is 33.0 Å². The van der Waals surface area contributed by atoms with Gasteiger partial charge in [-0.3, -0.25) is 4.90 Å². The van der Waals surface area contributed by atoms with Gasteiger partial charge in [-0.2, -0.15) is 0 Å². The van der Waals surface area contributed by atoms with Crippen molar-refractivity contribution in [3.8, 4) is 0 Å². The lowest BCUT2D eigenvalue weighted by Gasteiger charge is -2.32. The zero-order valence-electron chi connectivity index (χ0n) is 10.6. The van der Waals surface area contributed by atoms with E-state index in [1.807, 2.05) is 0 Å². The number of likely N-dealkylation sites (N-methyl/N-ethyl adjacent to an activating group) is 1. The molecule has 1 heterocycles. The first-order valence-corrected chi connectivity index (χ1v) is 6.04. The summed E-state index contributed by atoms with van der Waals surface area (Å²) in [4.78, 5) is 4.91. The van der Waals surface area contributed by atoms with Gasteiger partial charge in [0.1, 0.15) is 0 Å². The molecule has 0 bridgehead atoms. The number of rotatable bonds is 3. The maximum Gasteiger partial charge on any atom is 0.0314 e. The van der Waals surface area contributed by atoms with Gasteiger partial charge in [-0.25, -0.2) is 0 Å². The summed E-state index contributed by atoms with van der Waals surface area (Å²) < 4.78 is 0. The first kappa shape index (κ1) is 11.6. The highest BCUT2D eigenvalue weighted by Crippen LogP contribution is 2.26. The minimum atomic E-state index is 0.356. The first-order valence-electron chi connectivity index (χ1n) is 6.04. The molecule has 1 aliphatic heterocycles. The highest BCUT2D eigenvalue weighted by Gasteiger charge is 2.35. The van der Waals surface area contributed by atoms with Crippen molar-refractivity contribution in [3.63, 3.8) is 0 Å². The predicted molar refractivity (Wildman–Crippen MR) is 68.4 cm³/mol. The van der Waals surface area contributed by atoms with Crippen molar-refractivity contribution in [3.05, 3.63) is 35.9 Å². The van der Waals surface area contributed by atoms with Crippen LogP contribution in [0.2, 0.25) is 0 Å². The summed E-state index contributed by atoms with van der Waals surface area (Å²) in [6.45, 7) is 5.83. The zero-order valence-corrected chi connectivity index (χ0v) is 10.6. The second-order valence-corrected chi connectivity index (χ2v) is 5.34. The Morgan fingerprint density at radius 1 is 1.25 bits per heavy atom. The molecule has 0 unspecified atom stereocenters. The van der Waals surface area contributed by atoms with E-state index in [-0.39, 0.29) is 0 Å². The van der Waals surface area contributed by atoms with Crippen LogP contribution in [0.3, 0.4) is 0 Å². The molecule has 1 aromatic carbocycles. The lowest BCUT2D eigenvalue weighted by atomic mass is 10.0. The standard InChI is InChI=1S/C14H22N2/c1-14(15(2)3)9-10-16(12-14)11-13-7-5-4-6-8-13/h4-8H,9-12H2,1-3H3/t14-/m0/s1. The summed E-state index contributed by atoms with van der Waals surface area (Å²) in [5, 5.41) is 0. The molecule has 2 nitrogen and oxygen atoms in total. The predicted octanol–water partition coefficient (Wildman–Crippen LogP) is 2.21. The van der Waals surface area contributed by atoms with Gasteiger partial charge < -0.3 is 4.90 Å². The van der Waals surface area contributed by atoms with Crippen LogP contribution >= 0.6 is 0 Å². The van der Waals surface area contributed by atoms with Crippen molar-refractivity contribution >= 4 is 0 Å². The number of hydrogen-bond donors (Lipinski definition) is 0. The summed E-state index contributed by atoms with van der Waals surface area (Å²) in [6, 6.07) is 10.8. The van der Waals surface area contributed by atoms with E-state index in [2.05, 4.69) is 61.2 Å². The number of likely N-dealkylation sites (tertiary alicyclic amines) is 1. The van der Waals surface area contributed by atoms with Crippen LogP contribution in [0, 0.1) is 0 Å². The molecule has 2 rings (SSSR count). The van der Waals surface area contributed by atoms with Crippen molar-refractivity contribution < 1.29 is 0 Å². The fraction of sp³-hybridized carbons (Fsp3) is 0.571. The van der Waals surface area contributed by atoms with E-state index in [1.165, 1.54) is 25.1 Å². The van der Waals surface area contributed by atoms with E-state index in [0.29, 0.717) is 5.54 Å². The molecule has 88 valence electrons. The van der Waals surface area contributed by atoms with Crippen LogP contribution in [-0.4, -0.2) is 42.5 Å². The van der Waals surface area contributed by atoms with Crippen molar-refractivity contribution in [2.24, 2.45) is 0 Å². The van der Waals surface area contributed by atoms with E-state index >= 15 is 0 Å². The molecule has 0 saturated carbocycles. The lowest BCUT2D eigenvalue weighted by Crippen LogP contribution is -2.43. The third-order valence-electron chi connectivity index (χ3n) is 3.86. The van der Waals surface area contributed by atoms with Gasteiger partial charge in [0.05, 0.1) is 0 Å². The Morgan fingerprint density at radius 3 is 2.50 bits per heavy atom. The minimum Gasteiger partial charge on any atom is -0.303 e. The van der Waals surface area contributed by atoms with Gasteiger partial charge in [0, 0.05) is 25.2 Å². The first-order chi connectivity index (χ1) is 7.60. The number of hydrogen-bond acceptors (Lipinski definition) is 2. The summed E-state index contributed by atoms with van der Waals surface area (Å²) in [6.07, 6.45) is 1.27. The van der Waals surface area contributed by atoms with E-state index in [4.69, 9.17) is 0 Å². The molecule has 0 aliphatic carbocycles. The average Bonchev–Trinajstić information content (AvgIpc) is 2.63. The zero-order chi connectivity index (χ0) is 11.6. The lowest BCUT2D eigenvalue weighted by molar-refractivity contribution is 0.171. The molecule has 0 amide bonds. The quantitative estimate of drug-likeness (QED) is 0.767. The van der Waals surface area contributed by atoms with Gasteiger partial charge >= 0.3 is 0 Å². The van der Waals surface area contributed by atoms with Crippen LogP contribution < -0.4 is 0 Å². The highest BCUT2D eigenvalue weighted by atomic mass is 15.3. The van der Waals surface area contributed by atoms with E-state index < -0.39 is 0 Å². The fourth-order valence-corrected chi connectivity index (χ4v) is 2.38. The van der Waals surface area contributed by atoms with Gasteiger partial charge in [0.15, 0.2) is 0 Å². The SMILES string of the molecule is CN(C)[C@@]1(C)CCN(Cc2ccccc2)C1. The molecule has 0 aromatic heterocycles. The molecule has 1 atom stereocenters. The topological polar surface area (TPSA) is 6.48 Å². The Bertz CT molecular complexity index is 334.